The number of unbranched alkanes of at least 4 members (excludes halogenated alkanes) is 1. The van der Waals surface area contributed by atoms with E-state index >= 15 is 0 Å². The van der Waals surface area contributed by atoms with E-state index < -0.39 is 0 Å². The molecule has 190 valence electrons. The summed E-state index contributed by atoms with van der Waals surface area (Å²) in [6, 6.07) is 9.83. The molecule has 0 aliphatic rings. The first-order valence-corrected chi connectivity index (χ1v) is 12.2. The monoisotopic (exact) mass is 499 g/mol. The molecule has 0 saturated carbocycles. The Balaban J connectivity index is 1.62. The molecule has 0 aliphatic heterocycles. The van der Waals surface area contributed by atoms with E-state index in [0.717, 1.165) is 47.2 Å². The van der Waals surface area contributed by atoms with Crippen LogP contribution in [-0.4, -0.2) is 54.9 Å². The van der Waals surface area contributed by atoms with Crippen LogP contribution in [0.1, 0.15) is 51.8 Å². The van der Waals surface area contributed by atoms with Crippen molar-refractivity contribution in [1.29, 1.82) is 0 Å². The molecule has 0 radical (unpaired) electrons. The SMILES string of the molecule is CCCCc1cn(-c2nnnn2C(C)(C)C)c(=O)n1Cc1cnccc1-c1ccccc1-c1nnn[nH]1. The van der Waals surface area contributed by atoms with Crippen molar-refractivity contribution in [3.8, 4) is 28.5 Å². The molecule has 1 N–H and O–H groups in total. The van der Waals surface area contributed by atoms with Gasteiger partial charge in [0.25, 0.3) is 5.95 Å². The third-order valence-corrected chi connectivity index (χ3v) is 6.20. The van der Waals surface area contributed by atoms with E-state index in [1.807, 2.05) is 57.3 Å². The van der Waals surface area contributed by atoms with Crippen molar-refractivity contribution in [2.45, 2.75) is 59.0 Å². The van der Waals surface area contributed by atoms with Gasteiger partial charge in [-0.05, 0) is 77.2 Å². The number of aromatic amines is 1. The molecule has 12 heteroatoms. The van der Waals surface area contributed by atoms with E-state index in [4.69, 9.17) is 0 Å². The van der Waals surface area contributed by atoms with Crippen molar-refractivity contribution in [3.05, 3.63) is 70.7 Å². The summed E-state index contributed by atoms with van der Waals surface area (Å²) in [6.45, 7) is 8.46. The molecule has 1 aromatic carbocycles. The fraction of sp³-hybridized carbons (Fsp3) is 0.360. The van der Waals surface area contributed by atoms with Gasteiger partial charge in [0.05, 0.1) is 12.1 Å². The molecule has 0 bridgehead atoms. The molecular formula is C25H29N11O. The maximum atomic E-state index is 13.8. The highest BCUT2D eigenvalue weighted by molar-refractivity contribution is 5.81. The summed E-state index contributed by atoms with van der Waals surface area (Å²) in [7, 11) is 0. The standard InChI is InChI=1S/C25H29N11O/c1-5-6-9-18-16-35(23-29-32-33-36(23)25(2,3)4)24(37)34(18)15-17-14-26-13-12-19(17)20-10-7-8-11-21(20)22-27-30-31-28-22/h7-8,10-14,16H,5-6,9,15H2,1-4H3,(H,27,28,30,31). The lowest BCUT2D eigenvalue weighted by Gasteiger charge is -2.19. The molecule has 0 unspecified atom stereocenters. The van der Waals surface area contributed by atoms with E-state index in [9.17, 15) is 4.79 Å². The van der Waals surface area contributed by atoms with Gasteiger partial charge in [0, 0.05) is 29.8 Å². The van der Waals surface area contributed by atoms with E-state index in [0.29, 0.717) is 18.3 Å². The number of aromatic nitrogens is 11. The van der Waals surface area contributed by atoms with Crippen LogP contribution in [0.2, 0.25) is 0 Å². The predicted octanol–water partition coefficient (Wildman–Crippen LogP) is 3.01. The van der Waals surface area contributed by atoms with Gasteiger partial charge < -0.3 is 0 Å². The maximum absolute atomic E-state index is 13.8. The average Bonchev–Trinajstić information content (AvgIpc) is 3.65. The third kappa shape index (κ3) is 4.69. The van der Waals surface area contributed by atoms with Crippen molar-refractivity contribution >= 4 is 0 Å². The summed E-state index contributed by atoms with van der Waals surface area (Å²) in [5.41, 5.74) is 3.97. The largest absolute Gasteiger partial charge is 0.335 e. The number of imidazole rings is 1. The van der Waals surface area contributed by atoms with Crippen LogP contribution in [0, 0.1) is 0 Å². The molecule has 4 heterocycles. The number of benzene rings is 1. The Bertz CT molecular complexity index is 1550. The van der Waals surface area contributed by atoms with Gasteiger partial charge in [0.2, 0.25) is 0 Å². The van der Waals surface area contributed by atoms with Gasteiger partial charge in [-0.1, -0.05) is 42.7 Å². The van der Waals surface area contributed by atoms with Gasteiger partial charge in [-0.15, -0.1) is 5.10 Å². The zero-order chi connectivity index (χ0) is 26.0. The molecule has 5 rings (SSSR count). The van der Waals surface area contributed by atoms with Gasteiger partial charge in [0.15, 0.2) is 5.82 Å². The number of H-pyrrole nitrogens is 1. The first-order chi connectivity index (χ1) is 17.9. The highest BCUT2D eigenvalue weighted by atomic mass is 16.2. The van der Waals surface area contributed by atoms with Crippen LogP contribution in [-0.2, 0) is 18.5 Å². The highest BCUT2D eigenvalue weighted by Gasteiger charge is 2.24. The molecule has 0 fully saturated rings. The molecule has 37 heavy (non-hydrogen) atoms. The van der Waals surface area contributed by atoms with Crippen molar-refractivity contribution in [1.82, 2.24) is 54.9 Å². The summed E-state index contributed by atoms with van der Waals surface area (Å²) >= 11 is 0. The molecular weight excluding hydrogens is 470 g/mol. The quantitative estimate of drug-likeness (QED) is 0.344. The Hall–Kier alpha value is -4.48. The summed E-state index contributed by atoms with van der Waals surface area (Å²) in [5, 5.41) is 26.6. The lowest BCUT2D eigenvalue weighted by atomic mass is 9.96. The van der Waals surface area contributed by atoms with Crippen LogP contribution in [0.15, 0.2) is 53.7 Å². The second kappa shape index (κ2) is 9.88. The van der Waals surface area contributed by atoms with Crippen molar-refractivity contribution in [3.63, 3.8) is 0 Å². The number of nitrogens with one attached hydrogen (secondary N) is 1. The zero-order valence-electron chi connectivity index (χ0n) is 21.3. The number of pyridine rings is 1. The summed E-state index contributed by atoms with van der Waals surface area (Å²) in [4.78, 5) is 18.2. The Morgan fingerprint density at radius 2 is 1.81 bits per heavy atom. The molecule has 0 spiro atoms. The molecule has 0 aliphatic carbocycles. The minimum atomic E-state index is -0.389. The lowest BCUT2D eigenvalue weighted by Crippen LogP contribution is -2.31. The van der Waals surface area contributed by atoms with E-state index in [1.165, 1.54) is 0 Å². The normalized spacial score (nSPS) is 11.8. The fourth-order valence-corrected chi connectivity index (χ4v) is 4.35. The minimum Gasteiger partial charge on any atom is -0.291 e. The summed E-state index contributed by atoms with van der Waals surface area (Å²) < 4.78 is 5.00. The first-order valence-electron chi connectivity index (χ1n) is 12.2. The van der Waals surface area contributed by atoms with Crippen LogP contribution in [0.5, 0.6) is 0 Å². The summed E-state index contributed by atoms with van der Waals surface area (Å²) in [5.74, 6) is 0.961. The number of hydrogen-bond donors (Lipinski definition) is 1. The second-order valence-electron chi connectivity index (χ2n) is 9.85. The number of tetrazole rings is 2. The topological polar surface area (TPSA) is 138 Å². The van der Waals surface area contributed by atoms with Crippen LogP contribution in [0.4, 0.5) is 0 Å². The maximum Gasteiger partial charge on any atom is 0.335 e. The Morgan fingerprint density at radius 1 is 1.00 bits per heavy atom. The van der Waals surface area contributed by atoms with E-state index in [-0.39, 0.29) is 11.2 Å². The van der Waals surface area contributed by atoms with Gasteiger partial charge in [-0.2, -0.15) is 0 Å². The van der Waals surface area contributed by atoms with Crippen molar-refractivity contribution in [2.24, 2.45) is 0 Å². The van der Waals surface area contributed by atoms with Gasteiger partial charge in [-0.3, -0.25) is 9.55 Å². The number of aryl methyl sites for hydroxylation is 1. The molecule has 5 aromatic rings. The Labute approximate surface area is 213 Å². The van der Waals surface area contributed by atoms with Gasteiger partial charge in [0.1, 0.15) is 0 Å². The van der Waals surface area contributed by atoms with Gasteiger partial charge >= 0.3 is 5.69 Å². The molecule has 4 aromatic heterocycles. The zero-order valence-corrected chi connectivity index (χ0v) is 21.3. The Kier molecular flexibility index (Phi) is 6.47. The molecule has 0 saturated heterocycles. The predicted molar refractivity (Wildman–Crippen MR) is 137 cm³/mol. The average molecular weight is 500 g/mol. The second-order valence-corrected chi connectivity index (χ2v) is 9.85. The first kappa shape index (κ1) is 24.2. The van der Waals surface area contributed by atoms with Crippen LogP contribution >= 0.6 is 0 Å². The fourth-order valence-electron chi connectivity index (χ4n) is 4.35. The smallest absolute Gasteiger partial charge is 0.291 e. The molecule has 0 atom stereocenters. The molecule has 12 nitrogen and oxygen atoms in total. The van der Waals surface area contributed by atoms with Crippen molar-refractivity contribution < 1.29 is 0 Å². The highest BCUT2D eigenvalue weighted by Crippen LogP contribution is 2.32. The number of hydrogen-bond acceptors (Lipinski definition) is 8. The van der Waals surface area contributed by atoms with Crippen LogP contribution < -0.4 is 5.69 Å². The van der Waals surface area contributed by atoms with E-state index in [1.54, 1.807) is 26.2 Å². The molecule has 0 amide bonds. The Morgan fingerprint density at radius 3 is 2.54 bits per heavy atom. The summed E-state index contributed by atoms with van der Waals surface area (Å²) in [6.07, 6.45) is 8.13. The lowest BCUT2D eigenvalue weighted by molar-refractivity contribution is 0.342. The third-order valence-electron chi connectivity index (χ3n) is 6.20. The van der Waals surface area contributed by atoms with Gasteiger partial charge in [-0.25, -0.2) is 19.1 Å². The van der Waals surface area contributed by atoms with Crippen molar-refractivity contribution in [2.75, 3.05) is 0 Å². The van der Waals surface area contributed by atoms with E-state index in [2.05, 4.69) is 48.1 Å². The van der Waals surface area contributed by atoms with Crippen LogP contribution in [0.25, 0.3) is 28.5 Å². The minimum absolute atomic E-state index is 0.200. The number of nitrogens with zero attached hydrogens (tertiary/aromatic N) is 10. The van der Waals surface area contributed by atoms with Crippen LogP contribution in [0.3, 0.4) is 0 Å². The number of rotatable bonds is 8.